The van der Waals surface area contributed by atoms with Crippen LogP contribution in [-0.4, -0.2) is 6.10 Å². The summed E-state index contributed by atoms with van der Waals surface area (Å²) in [5, 5.41) is 10.3. The van der Waals surface area contributed by atoms with Crippen molar-refractivity contribution in [2.45, 2.75) is 107 Å². The van der Waals surface area contributed by atoms with E-state index in [1.54, 1.807) is 0 Å². The number of ether oxygens (including phenoxy) is 1. The lowest BCUT2D eigenvalue weighted by atomic mass is 9.59. The van der Waals surface area contributed by atoms with Crippen molar-refractivity contribution in [2.24, 2.45) is 0 Å². The summed E-state index contributed by atoms with van der Waals surface area (Å²) in [4.78, 5) is 0. The molecule has 1 aliphatic heterocycles. The van der Waals surface area contributed by atoms with Crippen LogP contribution in [0.2, 0.25) is 0 Å². The van der Waals surface area contributed by atoms with Gasteiger partial charge in [-0.15, -0.1) is 0 Å². The minimum Gasteiger partial charge on any atom is -0.490 e. The summed E-state index contributed by atoms with van der Waals surface area (Å²) in [5.74, 6) is 2.12. The van der Waals surface area contributed by atoms with E-state index in [0.29, 0.717) is 11.8 Å². The Morgan fingerprint density at radius 2 is 1.50 bits per heavy atom. The van der Waals surface area contributed by atoms with Gasteiger partial charge in [0, 0.05) is 24.3 Å². The zero-order valence-corrected chi connectivity index (χ0v) is 34.5. The standard InChI is InChI=1S/C58H51NO/c59-36-37-27-29-45-44-19-11-12-24-50(44)58(52(45)31-37)51-25-13-14-26-54(51)60-55-30-28-40(35-53(55)58)56-46-20-7-9-22-48(46)57(49-23-10-8-21-47(49)56)43-33-41(38-15-3-1-4-16-38)32-42(34-43)39-17-5-2-6-18-39/h1-5,7,10-11,13-15,19-20,23,25,27,29,31-35,38-39,54H,6,8-9,12,16-18,21-22,24,26,28,30H2. The van der Waals surface area contributed by atoms with Crippen LogP contribution < -0.4 is 0 Å². The van der Waals surface area contributed by atoms with Crippen molar-refractivity contribution in [2.75, 3.05) is 0 Å². The fourth-order valence-electron chi connectivity index (χ4n) is 12.6. The van der Waals surface area contributed by atoms with E-state index in [4.69, 9.17) is 4.74 Å². The second kappa shape index (κ2) is 14.4. The van der Waals surface area contributed by atoms with Gasteiger partial charge in [-0.25, -0.2) is 0 Å². The molecular weight excluding hydrogens is 727 g/mol. The molecule has 1 heterocycles. The Bertz CT molecular complexity index is 2790. The van der Waals surface area contributed by atoms with Crippen LogP contribution in [0.1, 0.15) is 138 Å². The van der Waals surface area contributed by atoms with Gasteiger partial charge in [0.2, 0.25) is 0 Å². The molecule has 12 rings (SSSR count). The predicted octanol–water partition coefficient (Wildman–Crippen LogP) is 14.3. The molecule has 0 aromatic heterocycles. The zero-order valence-electron chi connectivity index (χ0n) is 34.5. The zero-order chi connectivity index (χ0) is 39.8. The number of nitrogens with zero attached hydrogens (tertiary/aromatic N) is 1. The first-order valence-electron chi connectivity index (χ1n) is 22.8. The first-order chi connectivity index (χ1) is 29.7. The molecule has 4 atom stereocenters. The van der Waals surface area contributed by atoms with Crippen LogP contribution in [0.3, 0.4) is 0 Å². The number of rotatable bonds is 4. The summed E-state index contributed by atoms with van der Waals surface area (Å²) >= 11 is 0. The quantitative estimate of drug-likeness (QED) is 0.247. The van der Waals surface area contributed by atoms with E-state index in [0.717, 1.165) is 88.4 Å². The van der Waals surface area contributed by atoms with Gasteiger partial charge in [-0.3, -0.25) is 0 Å². The summed E-state index contributed by atoms with van der Waals surface area (Å²) < 4.78 is 7.11. The number of fused-ring (bicyclic) bond motifs is 9. The Kier molecular flexibility index (Phi) is 8.62. The second-order valence-corrected chi connectivity index (χ2v) is 18.3. The Hall–Kier alpha value is -5.91. The average Bonchev–Trinajstić information content (AvgIpc) is 3.61. The van der Waals surface area contributed by atoms with E-state index in [1.165, 1.54) is 95.5 Å². The number of hydrogen-bond donors (Lipinski definition) is 0. The fourth-order valence-corrected chi connectivity index (χ4v) is 12.6. The first-order valence-corrected chi connectivity index (χ1v) is 22.8. The van der Waals surface area contributed by atoms with Gasteiger partial charge in [0.1, 0.15) is 11.9 Å². The Labute approximate surface area is 355 Å². The summed E-state index contributed by atoms with van der Waals surface area (Å²) in [6.45, 7) is 0. The minimum absolute atomic E-state index is 0.00155. The molecule has 2 heteroatoms. The largest absolute Gasteiger partial charge is 0.490 e. The lowest BCUT2D eigenvalue weighted by molar-refractivity contribution is 0.110. The minimum atomic E-state index is -0.444. The maximum absolute atomic E-state index is 10.3. The second-order valence-electron chi connectivity index (χ2n) is 18.3. The fraction of sp³-hybridized carbons (Fsp3) is 0.293. The van der Waals surface area contributed by atoms with Gasteiger partial charge in [0.05, 0.1) is 17.0 Å². The molecule has 0 bridgehead atoms. The van der Waals surface area contributed by atoms with Crippen molar-refractivity contribution in [3.63, 3.8) is 0 Å². The molecular formula is C58H51NO. The van der Waals surface area contributed by atoms with Gasteiger partial charge in [0.25, 0.3) is 0 Å². The van der Waals surface area contributed by atoms with Crippen LogP contribution in [0.15, 0.2) is 144 Å². The Morgan fingerprint density at radius 1 is 0.683 bits per heavy atom. The summed E-state index contributed by atoms with van der Waals surface area (Å²) in [6, 6.07) is 16.7. The maximum Gasteiger partial charge on any atom is 0.125 e. The third kappa shape index (κ3) is 5.44. The van der Waals surface area contributed by atoms with Crippen molar-refractivity contribution < 1.29 is 4.74 Å². The van der Waals surface area contributed by atoms with E-state index < -0.39 is 5.41 Å². The Morgan fingerprint density at radius 3 is 2.33 bits per heavy atom. The van der Waals surface area contributed by atoms with Gasteiger partial charge in [-0.1, -0.05) is 121 Å². The third-order valence-corrected chi connectivity index (χ3v) is 15.2. The van der Waals surface area contributed by atoms with E-state index in [1.807, 2.05) is 6.07 Å². The molecule has 0 amide bonds. The SMILES string of the molecule is N#Cc1ccc2c(c1)C1(C3=CC=CCC3OC3=C1C=C(c1c4c(c(-c5cc(C6C=CC=CC6)cc(C6CC=CCC6)c5)c5c1CCC=C5)CCC=C4)CC3)C1=C2C=CCC1. The van der Waals surface area contributed by atoms with Crippen molar-refractivity contribution in [3.8, 4) is 17.2 Å². The van der Waals surface area contributed by atoms with Gasteiger partial charge in [-0.2, -0.15) is 5.26 Å². The number of hydrogen-bond acceptors (Lipinski definition) is 2. The molecule has 294 valence electrons. The highest BCUT2D eigenvalue weighted by molar-refractivity contribution is 5.95. The molecule has 60 heavy (non-hydrogen) atoms. The normalized spacial score (nSPS) is 26.4. The predicted molar refractivity (Wildman–Crippen MR) is 247 cm³/mol. The van der Waals surface area contributed by atoms with Crippen LogP contribution in [0.5, 0.6) is 0 Å². The van der Waals surface area contributed by atoms with Gasteiger partial charge >= 0.3 is 0 Å². The van der Waals surface area contributed by atoms with Gasteiger partial charge in [0.15, 0.2) is 0 Å². The smallest absolute Gasteiger partial charge is 0.125 e. The molecule has 1 spiro atoms. The third-order valence-electron chi connectivity index (χ3n) is 15.2. The van der Waals surface area contributed by atoms with Crippen LogP contribution >= 0.6 is 0 Å². The maximum atomic E-state index is 10.3. The number of benzene rings is 3. The highest BCUT2D eigenvalue weighted by Gasteiger charge is 2.55. The highest BCUT2D eigenvalue weighted by atomic mass is 16.5. The van der Waals surface area contributed by atoms with Crippen molar-refractivity contribution in [3.05, 3.63) is 200 Å². The highest BCUT2D eigenvalue weighted by Crippen LogP contribution is 2.63. The van der Waals surface area contributed by atoms with Crippen molar-refractivity contribution in [1.82, 2.24) is 0 Å². The molecule has 4 unspecified atom stereocenters. The molecule has 3 aromatic carbocycles. The van der Waals surface area contributed by atoms with Crippen LogP contribution in [0.25, 0.3) is 34.4 Å². The molecule has 0 saturated heterocycles. The molecule has 0 fully saturated rings. The van der Waals surface area contributed by atoms with E-state index in [9.17, 15) is 5.26 Å². The monoisotopic (exact) mass is 777 g/mol. The van der Waals surface area contributed by atoms with Gasteiger partial charge in [-0.05, 0) is 172 Å². The Balaban J connectivity index is 1.09. The summed E-state index contributed by atoms with van der Waals surface area (Å²) in [5.41, 5.74) is 23.0. The van der Waals surface area contributed by atoms with Crippen molar-refractivity contribution in [1.29, 1.82) is 5.26 Å². The number of allylic oxidation sites excluding steroid dienone is 18. The average molecular weight is 778 g/mol. The molecule has 2 nitrogen and oxygen atoms in total. The lowest BCUT2D eigenvalue weighted by Gasteiger charge is -2.48. The van der Waals surface area contributed by atoms with E-state index >= 15 is 0 Å². The summed E-state index contributed by atoms with van der Waals surface area (Å²) in [7, 11) is 0. The van der Waals surface area contributed by atoms with Crippen LogP contribution in [0, 0.1) is 11.3 Å². The molecule has 3 aromatic rings. The van der Waals surface area contributed by atoms with Crippen molar-refractivity contribution >= 4 is 23.3 Å². The van der Waals surface area contributed by atoms with E-state index in [2.05, 4.69) is 134 Å². The molecule has 9 aliphatic rings. The van der Waals surface area contributed by atoms with Crippen LogP contribution in [-0.2, 0) is 23.0 Å². The lowest BCUT2D eigenvalue weighted by Crippen LogP contribution is -2.43. The molecule has 0 N–H and O–H groups in total. The number of nitriles is 1. The topological polar surface area (TPSA) is 33.0 Å². The summed E-state index contributed by atoms with van der Waals surface area (Å²) in [6.07, 6.45) is 51.5. The molecule has 0 radical (unpaired) electrons. The van der Waals surface area contributed by atoms with E-state index in [-0.39, 0.29) is 6.10 Å². The van der Waals surface area contributed by atoms with Crippen LogP contribution in [0.4, 0.5) is 0 Å². The van der Waals surface area contributed by atoms with Gasteiger partial charge < -0.3 is 4.74 Å². The molecule has 0 saturated carbocycles. The molecule has 8 aliphatic carbocycles. The first kappa shape index (κ1) is 36.0.